The van der Waals surface area contributed by atoms with Crippen LogP contribution in [0.1, 0.15) is 29.8 Å². The van der Waals surface area contributed by atoms with Crippen LogP contribution < -0.4 is 10.0 Å². The lowest BCUT2D eigenvalue weighted by molar-refractivity contribution is 0.0941. The number of phenols is 1. The third-order valence-electron chi connectivity index (χ3n) is 2.63. The number of sulfonamides is 1. The van der Waals surface area contributed by atoms with Gasteiger partial charge in [0.25, 0.3) is 5.91 Å². The second kappa shape index (κ2) is 5.80. The minimum absolute atomic E-state index is 0.0705. The predicted octanol–water partition coefficient (Wildman–Crippen LogP) is 0.758. The van der Waals surface area contributed by atoms with Gasteiger partial charge in [0.15, 0.2) is 0 Å². The zero-order chi connectivity index (χ0) is 15.6. The minimum Gasteiger partial charge on any atom is -0.507 e. The Morgan fingerprint density at radius 1 is 1.35 bits per heavy atom. The van der Waals surface area contributed by atoms with Gasteiger partial charge in [-0.1, -0.05) is 12.1 Å². The van der Waals surface area contributed by atoms with E-state index in [9.17, 15) is 18.3 Å². The third kappa shape index (κ3) is 4.82. The smallest absolute Gasteiger partial charge is 0.255 e. The van der Waals surface area contributed by atoms with Gasteiger partial charge in [-0.15, -0.1) is 0 Å². The third-order valence-corrected chi connectivity index (χ3v) is 3.56. The second-order valence-corrected chi connectivity index (χ2v) is 7.16. The average Bonchev–Trinajstić information content (AvgIpc) is 2.27. The molecule has 20 heavy (non-hydrogen) atoms. The van der Waals surface area contributed by atoms with E-state index in [1.165, 1.54) is 6.07 Å². The number of amides is 1. The predicted molar refractivity (Wildman–Crippen MR) is 77.2 cm³/mol. The van der Waals surface area contributed by atoms with Crippen LogP contribution in [0.25, 0.3) is 0 Å². The molecule has 112 valence electrons. The van der Waals surface area contributed by atoms with Crippen LogP contribution in [-0.2, 0) is 10.0 Å². The van der Waals surface area contributed by atoms with E-state index in [4.69, 9.17) is 0 Å². The van der Waals surface area contributed by atoms with Crippen molar-refractivity contribution in [3.63, 3.8) is 0 Å². The SMILES string of the molecule is Cc1cccc(C(=O)NCC(C)(C)NS(C)(=O)=O)c1O. The molecule has 0 spiro atoms. The number of carbonyl (C=O) groups is 1. The largest absolute Gasteiger partial charge is 0.507 e. The molecule has 0 radical (unpaired) electrons. The molecule has 0 saturated heterocycles. The van der Waals surface area contributed by atoms with Crippen molar-refractivity contribution in [3.8, 4) is 5.75 Å². The van der Waals surface area contributed by atoms with Gasteiger partial charge in [0, 0.05) is 12.1 Å². The van der Waals surface area contributed by atoms with Crippen molar-refractivity contribution in [2.24, 2.45) is 0 Å². The zero-order valence-corrected chi connectivity index (χ0v) is 12.8. The average molecular weight is 300 g/mol. The quantitative estimate of drug-likeness (QED) is 0.748. The van der Waals surface area contributed by atoms with E-state index in [1.807, 2.05) is 0 Å². The number of phenolic OH excluding ortho intramolecular Hbond substituents is 1. The van der Waals surface area contributed by atoms with Crippen molar-refractivity contribution in [2.45, 2.75) is 26.3 Å². The molecular formula is C13H20N2O4S. The normalized spacial score (nSPS) is 12.2. The number of hydrogen-bond donors (Lipinski definition) is 3. The Morgan fingerprint density at radius 3 is 2.50 bits per heavy atom. The number of benzene rings is 1. The number of para-hydroxylation sites is 1. The standard InChI is InChI=1S/C13H20N2O4S/c1-9-6-5-7-10(11(9)16)12(17)14-8-13(2,3)15-20(4,18)19/h5-7,15-16H,8H2,1-4H3,(H,14,17). The van der Waals surface area contributed by atoms with Gasteiger partial charge in [-0.3, -0.25) is 4.79 Å². The summed E-state index contributed by atoms with van der Waals surface area (Å²) in [6.45, 7) is 5.11. The van der Waals surface area contributed by atoms with Crippen molar-refractivity contribution in [1.82, 2.24) is 10.0 Å². The van der Waals surface area contributed by atoms with Crippen molar-refractivity contribution < 1.29 is 18.3 Å². The van der Waals surface area contributed by atoms with Gasteiger partial charge in [-0.05, 0) is 32.4 Å². The summed E-state index contributed by atoms with van der Waals surface area (Å²) in [5.74, 6) is -0.520. The molecule has 1 aromatic rings. The molecule has 0 bridgehead atoms. The fourth-order valence-electron chi connectivity index (χ4n) is 1.78. The van der Waals surface area contributed by atoms with Gasteiger partial charge < -0.3 is 10.4 Å². The Bertz CT molecular complexity index is 609. The molecule has 0 saturated carbocycles. The van der Waals surface area contributed by atoms with Crippen molar-refractivity contribution in [1.29, 1.82) is 0 Å². The van der Waals surface area contributed by atoms with E-state index in [2.05, 4.69) is 10.0 Å². The van der Waals surface area contributed by atoms with Gasteiger partial charge in [-0.2, -0.15) is 0 Å². The lowest BCUT2D eigenvalue weighted by Gasteiger charge is -2.25. The van der Waals surface area contributed by atoms with Crippen molar-refractivity contribution in [3.05, 3.63) is 29.3 Å². The molecule has 0 unspecified atom stereocenters. The van der Waals surface area contributed by atoms with Crippen LogP contribution in [0.3, 0.4) is 0 Å². The first-order valence-corrected chi connectivity index (χ1v) is 7.97. The van der Waals surface area contributed by atoms with Crippen LogP contribution in [0.2, 0.25) is 0 Å². The Kier molecular flexibility index (Phi) is 4.77. The van der Waals surface area contributed by atoms with Gasteiger partial charge >= 0.3 is 0 Å². The number of aromatic hydroxyl groups is 1. The van der Waals surface area contributed by atoms with Gasteiger partial charge in [0.2, 0.25) is 10.0 Å². The summed E-state index contributed by atoms with van der Waals surface area (Å²) in [7, 11) is -3.36. The number of nitrogens with one attached hydrogen (secondary N) is 2. The van der Waals surface area contributed by atoms with E-state index >= 15 is 0 Å². The van der Waals surface area contributed by atoms with Crippen LogP contribution in [0.5, 0.6) is 5.75 Å². The van der Waals surface area contributed by atoms with Crippen LogP contribution in [0, 0.1) is 6.92 Å². The summed E-state index contributed by atoms with van der Waals surface area (Å²) in [4.78, 5) is 12.0. The molecule has 0 aliphatic rings. The molecule has 1 rings (SSSR count). The van der Waals surface area contributed by atoms with Gasteiger partial charge in [-0.25, -0.2) is 13.1 Å². The molecule has 0 fully saturated rings. The highest BCUT2D eigenvalue weighted by Gasteiger charge is 2.23. The topological polar surface area (TPSA) is 95.5 Å². The number of hydrogen-bond acceptors (Lipinski definition) is 4. The van der Waals surface area contributed by atoms with Gasteiger partial charge in [0.05, 0.1) is 11.8 Å². The Hall–Kier alpha value is -1.60. The lowest BCUT2D eigenvalue weighted by Crippen LogP contribution is -2.51. The summed E-state index contributed by atoms with van der Waals surface area (Å²) in [5, 5.41) is 12.4. The Morgan fingerprint density at radius 2 is 1.95 bits per heavy atom. The van der Waals surface area contributed by atoms with E-state index in [0.717, 1.165) is 6.26 Å². The molecule has 0 heterocycles. The Balaban J connectivity index is 2.75. The molecule has 7 heteroatoms. The molecular weight excluding hydrogens is 280 g/mol. The summed E-state index contributed by atoms with van der Waals surface area (Å²) in [6, 6.07) is 4.87. The highest BCUT2D eigenvalue weighted by Crippen LogP contribution is 2.21. The second-order valence-electron chi connectivity index (χ2n) is 5.41. The molecule has 3 N–H and O–H groups in total. The van der Waals surface area contributed by atoms with Crippen LogP contribution in [-0.4, -0.2) is 37.8 Å². The monoisotopic (exact) mass is 300 g/mol. The van der Waals surface area contributed by atoms with E-state index in [-0.39, 0.29) is 17.9 Å². The molecule has 0 aliphatic heterocycles. The Labute approximate surface area is 119 Å². The molecule has 1 amide bonds. The maximum Gasteiger partial charge on any atom is 0.255 e. The highest BCUT2D eigenvalue weighted by atomic mass is 32.2. The van der Waals surface area contributed by atoms with Crippen LogP contribution >= 0.6 is 0 Å². The fraction of sp³-hybridized carbons (Fsp3) is 0.462. The zero-order valence-electron chi connectivity index (χ0n) is 12.0. The number of aryl methyl sites for hydroxylation is 1. The van der Waals surface area contributed by atoms with Crippen molar-refractivity contribution in [2.75, 3.05) is 12.8 Å². The first-order chi connectivity index (χ1) is 9.02. The van der Waals surface area contributed by atoms with E-state index in [0.29, 0.717) is 5.56 Å². The van der Waals surface area contributed by atoms with Crippen LogP contribution in [0.4, 0.5) is 0 Å². The van der Waals surface area contributed by atoms with Gasteiger partial charge in [0.1, 0.15) is 5.75 Å². The maximum atomic E-state index is 12.0. The first kappa shape index (κ1) is 16.5. The molecule has 0 aromatic heterocycles. The van der Waals surface area contributed by atoms with E-state index < -0.39 is 21.5 Å². The summed E-state index contributed by atoms with van der Waals surface area (Å²) >= 11 is 0. The first-order valence-electron chi connectivity index (χ1n) is 6.07. The molecule has 6 nitrogen and oxygen atoms in total. The number of carbonyl (C=O) groups excluding carboxylic acids is 1. The highest BCUT2D eigenvalue weighted by molar-refractivity contribution is 7.88. The summed E-state index contributed by atoms with van der Waals surface area (Å²) < 4.78 is 24.8. The molecule has 1 aromatic carbocycles. The summed E-state index contributed by atoms with van der Waals surface area (Å²) in [5.41, 5.74) is -0.0470. The minimum atomic E-state index is -3.36. The van der Waals surface area contributed by atoms with Crippen molar-refractivity contribution >= 4 is 15.9 Å². The number of rotatable bonds is 5. The van der Waals surface area contributed by atoms with Crippen LogP contribution in [0.15, 0.2) is 18.2 Å². The fourth-order valence-corrected chi connectivity index (χ4v) is 2.85. The molecule has 0 atom stereocenters. The maximum absolute atomic E-state index is 12.0. The van der Waals surface area contributed by atoms with E-state index in [1.54, 1.807) is 32.9 Å². The molecule has 0 aliphatic carbocycles. The summed E-state index contributed by atoms with van der Waals surface area (Å²) in [6.07, 6.45) is 1.06. The lowest BCUT2D eigenvalue weighted by atomic mass is 10.1.